The fourth-order valence-corrected chi connectivity index (χ4v) is 3.50. The van der Waals surface area contributed by atoms with Gasteiger partial charge in [-0.25, -0.2) is 0 Å². The van der Waals surface area contributed by atoms with Crippen LogP contribution in [0.1, 0.15) is 0 Å². The maximum atomic E-state index is 5.36. The summed E-state index contributed by atoms with van der Waals surface area (Å²) in [6.45, 7) is 0. The van der Waals surface area contributed by atoms with E-state index in [1.165, 1.54) is 0 Å². The van der Waals surface area contributed by atoms with E-state index < -0.39 is 0 Å². The first kappa shape index (κ1) is 22.2. The number of rotatable bonds is 2. The number of hydrogen-bond acceptors (Lipinski definition) is 4. The molecule has 0 saturated heterocycles. The van der Waals surface area contributed by atoms with Gasteiger partial charge < -0.3 is 19.9 Å². The van der Waals surface area contributed by atoms with Crippen LogP contribution >= 0.6 is 15.9 Å². The van der Waals surface area contributed by atoms with Gasteiger partial charge in [-0.3, -0.25) is 0 Å². The highest BCUT2D eigenvalue weighted by Crippen LogP contribution is 2.23. The van der Waals surface area contributed by atoms with Gasteiger partial charge >= 0.3 is 0 Å². The molecule has 3 N–H and O–H groups in total. The van der Waals surface area contributed by atoms with Gasteiger partial charge in [0, 0.05) is 43.1 Å². The van der Waals surface area contributed by atoms with E-state index in [1.807, 2.05) is 91.0 Å². The number of benzene rings is 4. The lowest BCUT2D eigenvalue weighted by Gasteiger charge is -2.05. The summed E-state index contributed by atoms with van der Waals surface area (Å²) in [5.74, 6) is 0. The minimum absolute atomic E-state index is 0.822. The van der Waals surface area contributed by atoms with Crippen molar-refractivity contribution in [3.8, 4) is 0 Å². The zero-order chi connectivity index (χ0) is 22.9. The number of nitrogens with two attached hydrogens (primary N) is 1. The summed E-state index contributed by atoms with van der Waals surface area (Å²) < 4.78 is 11.2. The first-order valence-corrected chi connectivity index (χ1v) is 11.2. The molecule has 0 aliphatic rings. The second kappa shape index (κ2) is 11.1. The Balaban J connectivity index is 0.000000130. The van der Waals surface area contributed by atoms with Crippen molar-refractivity contribution in [2.75, 3.05) is 11.1 Å². The van der Waals surface area contributed by atoms with Crippen molar-refractivity contribution in [3.63, 3.8) is 0 Å². The van der Waals surface area contributed by atoms with Gasteiger partial charge in [0.15, 0.2) is 0 Å². The molecule has 6 rings (SSSR count). The summed E-state index contributed by atoms with van der Waals surface area (Å²) in [5.41, 5.74) is 8.34. The normalized spacial score (nSPS) is 10.1. The third-order valence-corrected chi connectivity index (χ3v) is 5.27. The molecule has 0 radical (unpaired) electrons. The van der Waals surface area contributed by atoms with Crippen molar-refractivity contribution in [1.82, 2.24) is 0 Å². The molecule has 4 aromatic carbocycles. The number of anilines is 3. The van der Waals surface area contributed by atoms with Gasteiger partial charge in [0.1, 0.15) is 0 Å². The van der Waals surface area contributed by atoms with Gasteiger partial charge in [-0.05, 0) is 54.6 Å². The number of para-hydroxylation sites is 2. The molecule has 0 amide bonds. The first-order chi connectivity index (χ1) is 16.2. The molecule has 0 bridgehead atoms. The number of halogens is 1. The monoisotopic (exact) mass is 498 g/mol. The minimum atomic E-state index is 0.822. The van der Waals surface area contributed by atoms with Crippen LogP contribution in [0.5, 0.6) is 0 Å². The molecule has 4 nitrogen and oxygen atoms in total. The number of hydrogen-bond donors (Lipinski definition) is 2. The maximum Gasteiger partial charge on any atom is 0.0982 e. The molecule has 6 aromatic rings. The molecule has 0 spiro atoms. The Labute approximate surface area is 200 Å². The highest BCUT2D eigenvalue weighted by atomic mass is 79.9. The van der Waals surface area contributed by atoms with E-state index in [2.05, 4.69) is 27.3 Å². The highest BCUT2D eigenvalue weighted by molar-refractivity contribution is 9.10. The van der Waals surface area contributed by atoms with Crippen molar-refractivity contribution in [3.05, 3.63) is 127 Å². The minimum Gasteiger partial charge on any atom is -0.471 e. The van der Waals surface area contributed by atoms with Crippen LogP contribution in [0, 0.1) is 0 Å². The van der Waals surface area contributed by atoms with Crippen LogP contribution in [0.4, 0.5) is 17.1 Å². The van der Waals surface area contributed by atoms with Crippen LogP contribution in [0.15, 0.2) is 135 Å². The Hall–Kier alpha value is -3.96. The standard InChI is InChI=1S/C14H11NO.C8H5BrO.C6H7N/c1-2-4-13(5-3-1)15-14-7-6-11-9-16-10-12(11)8-14;9-8-2-1-6-4-10-5-7(6)3-8;7-6-4-2-1-3-5-6/h1-10,15H;1-5H;1-5H,7H2. The van der Waals surface area contributed by atoms with E-state index in [4.69, 9.17) is 14.6 Å². The third-order valence-electron chi connectivity index (χ3n) is 4.78. The Kier molecular flexibility index (Phi) is 7.46. The van der Waals surface area contributed by atoms with Crippen molar-refractivity contribution in [2.45, 2.75) is 0 Å². The smallest absolute Gasteiger partial charge is 0.0982 e. The molecule has 0 unspecified atom stereocenters. The largest absolute Gasteiger partial charge is 0.471 e. The Bertz CT molecular complexity index is 1410. The van der Waals surface area contributed by atoms with Gasteiger partial charge in [0.25, 0.3) is 0 Å². The van der Waals surface area contributed by atoms with Crippen molar-refractivity contribution >= 4 is 54.5 Å². The average molecular weight is 499 g/mol. The average Bonchev–Trinajstić information content (AvgIpc) is 3.50. The van der Waals surface area contributed by atoms with Crippen LogP contribution in [0.3, 0.4) is 0 Å². The fraction of sp³-hybridized carbons (Fsp3) is 0. The predicted octanol–water partition coefficient (Wildman–Crippen LogP) is 8.64. The van der Waals surface area contributed by atoms with Crippen LogP contribution in [0.25, 0.3) is 21.5 Å². The molecule has 0 fully saturated rings. The lowest BCUT2D eigenvalue weighted by Crippen LogP contribution is -1.88. The molecule has 0 aliphatic heterocycles. The lowest BCUT2D eigenvalue weighted by molar-refractivity contribution is 0.572. The zero-order valence-electron chi connectivity index (χ0n) is 17.8. The maximum absolute atomic E-state index is 5.36. The zero-order valence-corrected chi connectivity index (χ0v) is 19.4. The van der Waals surface area contributed by atoms with Gasteiger partial charge in [-0.1, -0.05) is 58.4 Å². The van der Waals surface area contributed by atoms with Crippen LogP contribution in [0.2, 0.25) is 0 Å². The highest BCUT2D eigenvalue weighted by Gasteiger charge is 1.98. The summed E-state index contributed by atoms with van der Waals surface area (Å²) in [7, 11) is 0. The van der Waals surface area contributed by atoms with Crippen LogP contribution in [-0.2, 0) is 0 Å². The molecule has 2 heterocycles. The van der Waals surface area contributed by atoms with Crippen molar-refractivity contribution in [1.29, 1.82) is 0 Å². The van der Waals surface area contributed by atoms with Gasteiger partial charge in [0.2, 0.25) is 0 Å². The summed E-state index contributed by atoms with van der Waals surface area (Å²) in [6, 6.07) is 31.8. The molecule has 164 valence electrons. The Morgan fingerprint density at radius 2 is 1.09 bits per heavy atom. The van der Waals surface area contributed by atoms with E-state index in [0.29, 0.717) is 0 Å². The lowest BCUT2D eigenvalue weighted by atomic mass is 10.2. The van der Waals surface area contributed by atoms with Crippen molar-refractivity contribution in [2.24, 2.45) is 0 Å². The second-order valence-electron chi connectivity index (χ2n) is 7.26. The molecule has 5 heteroatoms. The van der Waals surface area contributed by atoms with Crippen molar-refractivity contribution < 1.29 is 8.83 Å². The van der Waals surface area contributed by atoms with Crippen LogP contribution in [-0.4, -0.2) is 0 Å². The Morgan fingerprint density at radius 3 is 1.70 bits per heavy atom. The third kappa shape index (κ3) is 6.51. The topological polar surface area (TPSA) is 64.3 Å². The van der Waals surface area contributed by atoms with Gasteiger partial charge in [-0.15, -0.1) is 0 Å². The first-order valence-electron chi connectivity index (χ1n) is 10.4. The van der Waals surface area contributed by atoms with E-state index in [0.717, 1.165) is 43.1 Å². The van der Waals surface area contributed by atoms with Gasteiger partial charge in [0.05, 0.1) is 25.1 Å². The summed E-state index contributed by atoms with van der Waals surface area (Å²) >= 11 is 3.38. The fourth-order valence-electron chi connectivity index (χ4n) is 3.12. The molecule has 0 saturated carbocycles. The molecular formula is C28H23BrN2O2. The van der Waals surface area contributed by atoms with Crippen LogP contribution < -0.4 is 11.1 Å². The van der Waals surface area contributed by atoms with E-state index in [-0.39, 0.29) is 0 Å². The molecule has 0 aliphatic carbocycles. The van der Waals surface area contributed by atoms with Gasteiger partial charge in [-0.2, -0.15) is 0 Å². The number of furan rings is 2. The van der Waals surface area contributed by atoms with E-state index in [9.17, 15) is 0 Å². The number of nitrogens with one attached hydrogen (secondary N) is 1. The Morgan fingerprint density at radius 1 is 0.545 bits per heavy atom. The number of fused-ring (bicyclic) bond motifs is 2. The number of nitrogen functional groups attached to an aromatic ring is 1. The SMILES string of the molecule is Brc1ccc2cocc2c1.Nc1ccccc1.c1ccc(Nc2ccc3cocc3c2)cc1. The predicted molar refractivity (Wildman–Crippen MR) is 141 cm³/mol. The molecule has 0 atom stereocenters. The summed E-state index contributed by atoms with van der Waals surface area (Å²) in [6.07, 6.45) is 6.98. The molecule has 2 aromatic heterocycles. The van der Waals surface area contributed by atoms with E-state index >= 15 is 0 Å². The summed E-state index contributed by atoms with van der Waals surface area (Å²) in [5, 5.41) is 7.86. The quantitative estimate of drug-likeness (QED) is 0.234. The molecule has 33 heavy (non-hydrogen) atoms. The summed E-state index contributed by atoms with van der Waals surface area (Å²) in [4.78, 5) is 0. The van der Waals surface area contributed by atoms with E-state index in [1.54, 1.807) is 25.1 Å². The molecular weight excluding hydrogens is 476 g/mol. The second-order valence-corrected chi connectivity index (χ2v) is 8.18.